The number of halogens is 1. The van der Waals surface area contributed by atoms with Crippen molar-refractivity contribution in [3.8, 4) is 0 Å². The van der Waals surface area contributed by atoms with E-state index in [0.717, 1.165) is 0 Å². The number of carbonyl (C=O) groups is 2. The molecule has 0 aliphatic heterocycles. The van der Waals surface area contributed by atoms with Crippen LogP contribution in [0.5, 0.6) is 0 Å². The molecule has 1 aliphatic rings. The van der Waals surface area contributed by atoms with Crippen molar-refractivity contribution in [2.24, 2.45) is 0 Å². The Labute approximate surface area is 98.3 Å². The maximum atomic E-state index is 13.7. The SMILES string of the molecule is O=C1CCCC(C(=O)O)(c2ccccc2F)C1. The molecule has 1 aliphatic carbocycles. The van der Waals surface area contributed by atoms with E-state index >= 15 is 0 Å². The van der Waals surface area contributed by atoms with Gasteiger partial charge in [0, 0.05) is 18.4 Å². The summed E-state index contributed by atoms with van der Waals surface area (Å²) in [6.45, 7) is 0. The van der Waals surface area contributed by atoms with Crippen molar-refractivity contribution in [1.29, 1.82) is 0 Å². The van der Waals surface area contributed by atoms with Crippen LogP contribution in [0, 0.1) is 5.82 Å². The van der Waals surface area contributed by atoms with Crippen LogP contribution in [-0.2, 0) is 15.0 Å². The van der Waals surface area contributed by atoms with E-state index in [1.807, 2.05) is 0 Å². The molecule has 90 valence electrons. The number of rotatable bonds is 2. The van der Waals surface area contributed by atoms with Crippen molar-refractivity contribution in [1.82, 2.24) is 0 Å². The molecule has 0 aromatic heterocycles. The Morgan fingerprint density at radius 1 is 1.35 bits per heavy atom. The molecule has 2 rings (SSSR count). The summed E-state index contributed by atoms with van der Waals surface area (Å²) in [7, 11) is 0. The third-order valence-corrected chi connectivity index (χ3v) is 3.36. The van der Waals surface area contributed by atoms with Crippen LogP contribution in [0.2, 0.25) is 0 Å². The minimum Gasteiger partial charge on any atom is -0.481 e. The fourth-order valence-electron chi connectivity index (χ4n) is 2.48. The second-order valence-corrected chi connectivity index (χ2v) is 4.44. The highest BCUT2D eigenvalue weighted by molar-refractivity contribution is 5.91. The Bertz CT molecular complexity index is 469. The standard InChI is InChI=1S/C13H13FO3/c14-11-6-2-1-5-10(11)13(12(16)17)7-3-4-9(15)8-13/h1-2,5-6H,3-4,7-8H2,(H,16,17). The Balaban J connectivity index is 2.52. The molecule has 0 bridgehead atoms. The third kappa shape index (κ3) is 1.95. The zero-order valence-electron chi connectivity index (χ0n) is 9.28. The average molecular weight is 236 g/mol. The van der Waals surface area contributed by atoms with Gasteiger partial charge in [-0.15, -0.1) is 0 Å². The summed E-state index contributed by atoms with van der Waals surface area (Å²) in [6.07, 6.45) is 1.10. The van der Waals surface area contributed by atoms with E-state index in [1.54, 1.807) is 6.07 Å². The topological polar surface area (TPSA) is 54.4 Å². The summed E-state index contributed by atoms with van der Waals surface area (Å²) in [5.74, 6) is -1.78. The number of aliphatic carboxylic acids is 1. The Morgan fingerprint density at radius 3 is 2.65 bits per heavy atom. The summed E-state index contributed by atoms with van der Waals surface area (Å²) in [4.78, 5) is 22.9. The first kappa shape index (κ1) is 11.8. The lowest BCUT2D eigenvalue weighted by Gasteiger charge is -2.32. The number of Topliss-reactive ketones (excluding diaryl/α,β-unsaturated/α-hetero) is 1. The molecular weight excluding hydrogens is 223 g/mol. The van der Waals surface area contributed by atoms with Gasteiger partial charge in [-0.25, -0.2) is 4.39 Å². The van der Waals surface area contributed by atoms with Gasteiger partial charge >= 0.3 is 5.97 Å². The van der Waals surface area contributed by atoms with Gasteiger partial charge in [0.25, 0.3) is 0 Å². The molecule has 3 nitrogen and oxygen atoms in total. The van der Waals surface area contributed by atoms with E-state index in [0.29, 0.717) is 19.3 Å². The minimum absolute atomic E-state index is 0.108. The molecule has 1 fully saturated rings. The van der Waals surface area contributed by atoms with Gasteiger partial charge in [-0.1, -0.05) is 18.2 Å². The zero-order valence-corrected chi connectivity index (χ0v) is 9.28. The molecule has 1 saturated carbocycles. The number of carboxylic acids is 1. The second-order valence-electron chi connectivity index (χ2n) is 4.44. The summed E-state index contributed by atoms with van der Waals surface area (Å²) < 4.78 is 13.7. The number of carboxylic acid groups (broad SMARTS) is 1. The van der Waals surface area contributed by atoms with Crippen LogP contribution in [0.4, 0.5) is 4.39 Å². The molecule has 17 heavy (non-hydrogen) atoms. The number of hydrogen-bond donors (Lipinski definition) is 1. The second kappa shape index (κ2) is 4.28. The molecule has 0 spiro atoms. The molecule has 0 heterocycles. The number of benzene rings is 1. The van der Waals surface area contributed by atoms with Crippen molar-refractivity contribution in [2.45, 2.75) is 31.1 Å². The van der Waals surface area contributed by atoms with Gasteiger partial charge in [0.05, 0.1) is 0 Å². The first-order valence-corrected chi connectivity index (χ1v) is 5.56. The quantitative estimate of drug-likeness (QED) is 0.857. The van der Waals surface area contributed by atoms with E-state index in [1.165, 1.54) is 18.2 Å². The predicted molar refractivity (Wildman–Crippen MR) is 59.2 cm³/mol. The molecule has 1 atom stereocenters. The maximum Gasteiger partial charge on any atom is 0.314 e. The van der Waals surface area contributed by atoms with Crippen LogP contribution in [0.25, 0.3) is 0 Å². The number of hydrogen-bond acceptors (Lipinski definition) is 2. The molecule has 0 saturated heterocycles. The molecule has 0 radical (unpaired) electrons. The van der Waals surface area contributed by atoms with E-state index in [9.17, 15) is 19.1 Å². The number of carbonyl (C=O) groups excluding carboxylic acids is 1. The van der Waals surface area contributed by atoms with Crippen LogP contribution in [0.1, 0.15) is 31.2 Å². The summed E-state index contributed by atoms with van der Waals surface area (Å²) in [5.41, 5.74) is -1.25. The van der Waals surface area contributed by atoms with Gasteiger partial charge < -0.3 is 5.11 Å². The number of ketones is 1. The van der Waals surface area contributed by atoms with Gasteiger partial charge in [-0.3, -0.25) is 9.59 Å². The van der Waals surface area contributed by atoms with Gasteiger partial charge in [0.15, 0.2) is 0 Å². The molecule has 0 amide bonds. The maximum absolute atomic E-state index is 13.7. The summed E-state index contributed by atoms with van der Waals surface area (Å²) in [6, 6.07) is 5.81. The van der Waals surface area contributed by atoms with Gasteiger partial charge in [0.2, 0.25) is 0 Å². The Hall–Kier alpha value is -1.71. The smallest absolute Gasteiger partial charge is 0.314 e. The molecule has 4 heteroatoms. The van der Waals surface area contributed by atoms with E-state index < -0.39 is 17.2 Å². The van der Waals surface area contributed by atoms with Crippen molar-refractivity contribution >= 4 is 11.8 Å². The van der Waals surface area contributed by atoms with Crippen molar-refractivity contribution in [3.63, 3.8) is 0 Å². The highest BCUT2D eigenvalue weighted by Crippen LogP contribution is 2.39. The van der Waals surface area contributed by atoms with Crippen LogP contribution in [-0.4, -0.2) is 16.9 Å². The minimum atomic E-state index is -1.37. The normalized spacial score (nSPS) is 24.6. The summed E-state index contributed by atoms with van der Waals surface area (Å²) in [5, 5.41) is 9.37. The Kier molecular flexibility index (Phi) is 2.96. The average Bonchev–Trinajstić information content (AvgIpc) is 2.29. The van der Waals surface area contributed by atoms with E-state index in [2.05, 4.69) is 0 Å². The first-order chi connectivity index (χ1) is 8.06. The fourth-order valence-corrected chi connectivity index (χ4v) is 2.48. The molecule has 1 aromatic rings. The highest BCUT2D eigenvalue weighted by Gasteiger charge is 2.45. The van der Waals surface area contributed by atoms with Crippen LogP contribution >= 0.6 is 0 Å². The highest BCUT2D eigenvalue weighted by atomic mass is 19.1. The van der Waals surface area contributed by atoms with Gasteiger partial charge in [-0.2, -0.15) is 0 Å². The predicted octanol–water partition coefficient (Wildman–Crippen LogP) is 2.29. The molecule has 1 N–H and O–H groups in total. The lowest BCUT2D eigenvalue weighted by atomic mass is 9.69. The van der Waals surface area contributed by atoms with Crippen molar-refractivity contribution < 1.29 is 19.1 Å². The van der Waals surface area contributed by atoms with E-state index in [4.69, 9.17) is 0 Å². The van der Waals surface area contributed by atoms with Crippen LogP contribution < -0.4 is 0 Å². The first-order valence-electron chi connectivity index (χ1n) is 5.56. The van der Waals surface area contributed by atoms with E-state index in [-0.39, 0.29) is 17.8 Å². The van der Waals surface area contributed by atoms with Crippen LogP contribution in [0.15, 0.2) is 24.3 Å². The lowest BCUT2D eigenvalue weighted by molar-refractivity contribution is -0.148. The van der Waals surface area contributed by atoms with Crippen LogP contribution in [0.3, 0.4) is 0 Å². The van der Waals surface area contributed by atoms with Crippen molar-refractivity contribution in [3.05, 3.63) is 35.6 Å². The molecule has 1 unspecified atom stereocenters. The van der Waals surface area contributed by atoms with Crippen molar-refractivity contribution in [2.75, 3.05) is 0 Å². The largest absolute Gasteiger partial charge is 0.481 e. The van der Waals surface area contributed by atoms with Gasteiger partial charge in [-0.05, 0) is 18.9 Å². The van der Waals surface area contributed by atoms with Gasteiger partial charge in [0.1, 0.15) is 17.0 Å². The summed E-state index contributed by atoms with van der Waals surface area (Å²) >= 11 is 0. The monoisotopic (exact) mass is 236 g/mol. The zero-order chi connectivity index (χ0) is 12.5. The fraction of sp³-hybridized carbons (Fsp3) is 0.385. The third-order valence-electron chi connectivity index (χ3n) is 3.36. The Morgan fingerprint density at radius 2 is 2.06 bits per heavy atom. The molecule has 1 aromatic carbocycles. The lowest BCUT2D eigenvalue weighted by Crippen LogP contribution is -2.41. The molecular formula is C13H13FO3.